The van der Waals surface area contributed by atoms with Crippen LogP contribution < -0.4 is 11.5 Å². The van der Waals surface area contributed by atoms with Crippen molar-refractivity contribution in [2.24, 2.45) is 5.73 Å². The standard InChI is InChI=1S/C16H11FN2O3/c17-14-9-12(19-7-8-22-16(19)21)5-6-13(14)10-1-3-11(4-2-10)15(18)20/h1-9H,(H2,18,20). The first-order valence-corrected chi connectivity index (χ1v) is 6.42. The highest BCUT2D eigenvalue weighted by Gasteiger charge is 2.09. The number of primary amides is 1. The molecule has 5 nitrogen and oxygen atoms in total. The summed E-state index contributed by atoms with van der Waals surface area (Å²) in [5, 5.41) is 0. The number of amides is 1. The molecule has 0 aliphatic heterocycles. The van der Waals surface area contributed by atoms with Crippen molar-refractivity contribution in [3.05, 3.63) is 76.9 Å². The molecule has 110 valence electrons. The van der Waals surface area contributed by atoms with Gasteiger partial charge in [-0.25, -0.2) is 13.8 Å². The van der Waals surface area contributed by atoms with E-state index in [0.29, 0.717) is 22.4 Å². The molecule has 22 heavy (non-hydrogen) atoms. The maximum absolute atomic E-state index is 14.3. The van der Waals surface area contributed by atoms with Crippen molar-refractivity contribution >= 4 is 5.91 Å². The van der Waals surface area contributed by atoms with Gasteiger partial charge < -0.3 is 10.2 Å². The molecule has 1 amide bonds. The Labute approximate surface area is 124 Å². The van der Waals surface area contributed by atoms with Gasteiger partial charge in [0.15, 0.2) is 0 Å². The first-order valence-electron chi connectivity index (χ1n) is 6.42. The summed E-state index contributed by atoms with van der Waals surface area (Å²) in [6.07, 6.45) is 2.65. The minimum absolute atomic E-state index is 0.353. The molecule has 1 heterocycles. The van der Waals surface area contributed by atoms with Crippen LogP contribution >= 0.6 is 0 Å². The Morgan fingerprint density at radius 2 is 1.86 bits per heavy atom. The maximum atomic E-state index is 14.3. The van der Waals surface area contributed by atoms with E-state index in [1.807, 2.05) is 0 Å². The predicted molar refractivity (Wildman–Crippen MR) is 78.2 cm³/mol. The third kappa shape index (κ3) is 2.42. The number of nitrogens with two attached hydrogens (primary N) is 1. The zero-order chi connectivity index (χ0) is 15.7. The first-order chi connectivity index (χ1) is 10.6. The molecule has 0 saturated carbocycles. The average Bonchev–Trinajstić information content (AvgIpc) is 2.93. The summed E-state index contributed by atoms with van der Waals surface area (Å²) in [4.78, 5) is 22.4. The SMILES string of the molecule is NC(=O)c1ccc(-c2ccc(-n3ccoc3=O)cc2F)cc1. The summed E-state index contributed by atoms with van der Waals surface area (Å²) in [6.45, 7) is 0. The van der Waals surface area contributed by atoms with Gasteiger partial charge in [-0.05, 0) is 35.9 Å². The highest BCUT2D eigenvalue weighted by molar-refractivity contribution is 5.93. The summed E-state index contributed by atoms with van der Waals surface area (Å²) in [6, 6.07) is 10.7. The van der Waals surface area contributed by atoms with Crippen molar-refractivity contribution in [1.82, 2.24) is 4.57 Å². The summed E-state index contributed by atoms with van der Waals surface area (Å²) in [5.74, 6) is -1.61. The third-order valence-electron chi connectivity index (χ3n) is 3.29. The normalized spacial score (nSPS) is 10.6. The van der Waals surface area contributed by atoms with Gasteiger partial charge in [0.2, 0.25) is 5.91 Å². The number of nitrogens with zero attached hydrogens (tertiary/aromatic N) is 1. The number of carbonyl (C=O) groups is 1. The lowest BCUT2D eigenvalue weighted by Crippen LogP contribution is -2.11. The van der Waals surface area contributed by atoms with Crippen LogP contribution in [0.1, 0.15) is 10.4 Å². The highest BCUT2D eigenvalue weighted by Crippen LogP contribution is 2.25. The molecule has 1 aromatic heterocycles. The largest absolute Gasteiger partial charge is 0.423 e. The molecule has 0 fully saturated rings. The molecular weight excluding hydrogens is 287 g/mol. The maximum Gasteiger partial charge on any atom is 0.423 e. The Balaban J connectivity index is 2.00. The number of hydrogen-bond acceptors (Lipinski definition) is 3. The Morgan fingerprint density at radius 1 is 1.14 bits per heavy atom. The molecule has 0 aliphatic carbocycles. The van der Waals surface area contributed by atoms with Crippen LogP contribution in [0, 0.1) is 5.82 Å². The Hall–Kier alpha value is -3.15. The molecule has 0 bridgehead atoms. The molecule has 3 aromatic rings. The average molecular weight is 298 g/mol. The topological polar surface area (TPSA) is 78.2 Å². The van der Waals surface area contributed by atoms with E-state index in [9.17, 15) is 14.0 Å². The number of oxazole rings is 1. The van der Waals surface area contributed by atoms with E-state index in [4.69, 9.17) is 5.73 Å². The summed E-state index contributed by atoms with van der Waals surface area (Å²) >= 11 is 0. The number of hydrogen-bond donors (Lipinski definition) is 1. The minimum Gasteiger partial charge on any atom is -0.416 e. The number of aromatic nitrogens is 1. The monoisotopic (exact) mass is 298 g/mol. The fourth-order valence-corrected chi connectivity index (χ4v) is 2.16. The number of rotatable bonds is 3. The minimum atomic E-state index is -0.585. The van der Waals surface area contributed by atoms with Crippen molar-refractivity contribution in [2.75, 3.05) is 0 Å². The zero-order valence-corrected chi connectivity index (χ0v) is 11.3. The van der Waals surface area contributed by atoms with Gasteiger partial charge in [0.1, 0.15) is 12.1 Å². The van der Waals surface area contributed by atoms with Crippen molar-refractivity contribution in [1.29, 1.82) is 0 Å². The van der Waals surface area contributed by atoms with Crippen LogP contribution in [0.4, 0.5) is 4.39 Å². The molecular formula is C16H11FN2O3. The molecule has 0 spiro atoms. The fraction of sp³-hybridized carbons (Fsp3) is 0. The van der Waals surface area contributed by atoms with Gasteiger partial charge in [0.25, 0.3) is 0 Å². The Morgan fingerprint density at radius 3 is 2.41 bits per heavy atom. The van der Waals surface area contributed by atoms with Gasteiger partial charge in [0.05, 0.1) is 11.9 Å². The van der Waals surface area contributed by atoms with Gasteiger partial charge in [-0.15, -0.1) is 0 Å². The van der Waals surface area contributed by atoms with Crippen LogP contribution in [0.15, 0.2) is 64.1 Å². The van der Waals surface area contributed by atoms with Crippen LogP contribution in [0.25, 0.3) is 16.8 Å². The van der Waals surface area contributed by atoms with Crippen LogP contribution in [0.2, 0.25) is 0 Å². The number of halogens is 1. The summed E-state index contributed by atoms with van der Waals surface area (Å²) < 4.78 is 20.1. The van der Waals surface area contributed by atoms with Gasteiger partial charge >= 0.3 is 5.76 Å². The van der Waals surface area contributed by atoms with Crippen LogP contribution in [-0.4, -0.2) is 10.5 Å². The van der Waals surface area contributed by atoms with E-state index >= 15 is 0 Å². The third-order valence-corrected chi connectivity index (χ3v) is 3.29. The summed E-state index contributed by atoms with van der Waals surface area (Å²) in [7, 11) is 0. The lowest BCUT2D eigenvalue weighted by Gasteiger charge is -2.07. The molecule has 6 heteroatoms. The van der Waals surface area contributed by atoms with E-state index in [2.05, 4.69) is 4.42 Å². The van der Waals surface area contributed by atoms with Crippen molar-refractivity contribution in [3.63, 3.8) is 0 Å². The first kappa shape index (κ1) is 13.8. The zero-order valence-electron chi connectivity index (χ0n) is 11.3. The molecule has 0 radical (unpaired) electrons. The lowest BCUT2D eigenvalue weighted by molar-refractivity contribution is 0.100. The van der Waals surface area contributed by atoms with E-state index in [0.717, 1.165) is 0 Å². The second-order valence-corrected chi connectivity index (χ2v) is 4.64. The van der Waals surface area contributed by atoms with E-state index in [1.54, 1.807) is 24.3 Å². The molecule has 3 rings (SSSR count). The number of benzene rings is 2. The molecule has 2 N–H and O–H groups in total. The Kier molecular flexibility index (Phi) is 3.34. The van der Waals surface area contributed by atoms with Gasteiger partial charge in [-0.3, -0.25) is 4.79 Å². The van der Waals surface area contributed by atoms with E-state index in [-0.39, 0.29) is 0 Å². The van der Waals surface area contributed by atoms with Crippen molar-refractivity contribution in [2.45, 2.75) is 0 Å². The lowest BCUT2D eigenvalue weighted by atomic mass is 10.0. The molecule has 2 aromatic carbocycles. The van der Waals surface area contributed by atoms with E-state index < -0.39 is 17.5 Å². The predicted octanol–water partition coefficient (Wildman–Crippen LogP) is 2.34. The van der Waals surface area contributed by atoms with Crippen LogP contribution in [-0.2, 0) is 0 Å². The molecule has 0 aliphatic rings. The van der Waals surface area contributed by atoms with Gasteiger partial charge in [0, 0.05) is 11.1 Å². The second-order valence-electron chi connectivity index (χ2n) is 4.64. The molecule has 0 saturated heterocycles. The fourth-order valence-electron chi connectivity index (χ4n) is 2.16. The highest BCUT2D eigenvalue weighted by atomic mass is 19.1. The quantitative estimate of drug-likeness (QED) is 0.806. The van der Waals surface area contributed by atoms with Crippen molar-refractivity contribution < 1.29 is 13.6 Å². The van der Waals surface area contributed by atoms with Gasteiger partial charge in [-0.2, -0.15) is 0 Å². The molecule has 0 atom stereocenters. The Bertz CT molecular complexity index is 894. The second kappa shape index (κ2) is 5.33. The van der Waals surface area contributed by atoms with Crippen molar-refractivity contribution in [3.8, 4) is 16.8 Å². The molecule has 0 unspecified atom stereocenters. The summed E-state index contributed by atoms with van der Waals surface area (Å²) in [5.41, 5.74) is 6.85. The van der Waals surface area contributed by atoms with Crippen LogP contribution in [0.5, 0.6) is 0 Å². The van der Waals surface area contributed by atoms with Crippen LogP contribution in [0.3, 0.4) is 0 Å². The smallest absolute Gasteiger partial charge is 0.416 e. The van der Waals surface area contributed by atoms with Gasteiger partial charge in [-0.1, -0.05) is 12.1 Å². The number of carbonyl (C=O) groups excluding carboxylic acids is 1. The van der Waals surface area contributed by atoms with E-state index in [1.165, 1.54) is 35.2 Å².